The van der Waals surface area contributed by atoms with Crippen LogP contribution in [-0.4, -0.2) is 41.1 Å². The minimum atomic E-state index is 0.194. The molecule has 2 heterocycles. The summed E-state index contributed by atoms with van der Waals surface area (Å²) in [5.41, 5.74) is 0.763. The monoisotopic (exact) mass is 234 g/mol. The Morgan fingerprint density at radius 2 is 2.12 bits per heavy atom. The smallest absolute Gasteiger partial charge is 0.164 e. The fourth-order valence-corrected chi connectivity index (χ4v) is 2.13. The highest BCUT2D eigenvalue weighted by atomic mass is 16.1. The number of hydrogen-bond donors (Lipinski definition) is 1. The first-order valence-corrected chi connectivity index (χ1v) is 6.16. The zero-order valence-electron chi connectivity index (χ0n) is 9.95. The summed E-state index contributed by atoms with van der Waals surface area (Å²) >= 11 is 0. The normalized spacial score (nSPS) is 17.3. The Morgan fingerprint density at radius 3 is 2.76 bits per heavy atom. The molecule has 1 fully saturated rings. The van der Waals surface area contributed by atoms with E-state index in [1.54, 1.807) is 12.4 Å². The van der Waals surface area contributed by atoms with Gasteiger partial charge in [-0.3, -0.25) is 9.59 Å². The molecule has 0 aromatic carbocycles. The summed E-state index contributed by atoms with van der Waals surface area (Å²) in [5.74, 6) is 0.559. The SMILES string of the molecule is O=C1CCN(CCCC(=O)c2cc[nH]c2)CC1. The number of nitrogens with one attached hydrogen (secondary N) is 1. The van der Waals surface area contributed by atoms with Gasteiger partial charge in [0.1, 0.15) is 5.78 Å². The number of likely N-dealkylation sites (tertiary alicyclic amines) is 1. The number of H-pyrrole nitrogens is 1. The molecule has 0 spiro atoms. The molecule has 0 atom stereocenters. The van der Waals surface area contributed by atoms with Crippen molar-refractivity contribution < 1.29 is 9.59 Å². The first-order chi connectivity index (χ1) is 8.25. The zero-order chi connectivity index (χ0) is 12.1. The highest BCUT2D eigenvalue weighted by Gasteiger charge is 2.15. The standard InChI is InChI=1S/C13H18N2O2/c16-12-4-8-15(9-5-12)7-1-2-13(17)11-3-6-14-10-11/h3,6,10,14H,1-2,4-5,7-9H2. The van der Waals surface area contributed by atoms with E-state index in [4.69, 9.17) is 0 Å². The third-order valence-corrected chi connectivity index (χ3v) is 3.21. The molecular weight excluding hydrogens is 216 g/mol. The van der Waals surface area contributed by atoms with Gasteiger partial charge in [0.2, 0.25) is 0 Å². The van der Waals surface area contributed by atoms with E-state index in [-0.39, 0.29) is 5.78 Å². The van der Waals surface area contributed by atoms with Crippen molar-refractivity contribution in [1.29, 1.82) is 0 Å². The third-order valence-electron chi connectivity index (χ3n) is 3.21. The first-order valence-electron chi connectivity index (χ1n) is 6.16. The summed E-state index contributed by atoms with van der Waals surface area (Å²) in [6, 6.07) is 1.81. The van der Waals surface area contributed by atoms with E-state index >= 15 is 0 Å². The van der Waals surface area contributed by atoms with Crippen LogP contribution in [0.25, 0.3) is 0 Å². The Hall–Kier alpha value is -1.42. The molecule has 0 saturated carbocycles. The molecule has 1 aromatic heterocycles. The van der Waals surface area contributed by atoms with Crippen molar-refractivity contribution in [2.45, 2.75) is 25.7 Å². The Kier molecular flexibility index (Phi) is 4.09. The molecule has 17 heavy (non-hydrogen) atoms. The van der Waals surface area contributed by atoms with Crippen LogP contribution in [0.1, 0.15) is 36.0 Å². The van der Waals surface area contributed by atoms with Crippen molar-refractivity contribution in [3.63, 3.8) is 0 Å². The Labute approximate surface area is 101 Å². The lowest BCUT2D eigenvalue weighted by molar-refractivity contribution is -0.121. The predicted octanol–water partition coefficient (Wildman–Crippen LogP) is 1.64. The quantitative estimate of drug-likeness (QED) is 0.788. The second-order valence-electron chi connectivity index (χ2n) is 4.51. The molecule has 1 saturated heterocycles. The number of aromatic nitrogens is 1. The first kappa shape index (κ1) is 12.0. The van der Waals surface area contributed by atoms with Gasteiger partial charge in [-0.2, -0.15) is 0 Å². The number of carbonyl (C=O) groups excluding carboxylic acids is 2. The number of ketones is 2. The van der Waals surface area contributed by atoms with Crippen LogP contribution in [0.5, 0.6) is 0 Å². The largest absolute Gasteiger partial charge is 0.367 e. The second-order valence-corrected chi connectivity index (χ2v) is 4.51. The number of carbonyl (C=O) groups is 2. The van der Waals surface area contributed by atoms with Crippen molar-refractivity contribution in [1.82, 2.24) is 9.88 Å². The van der Waals surface area contributed by atoms with Gasteiger partial charge in [-0.05, 0) is 19.0 Å². The molecule has 1 aliphatic rings. The van der Waals surface area contributed by atoms with Crippen LogP contribution in [0.2, 0.25) is 0 Å². The Bertz CT molecular complexity index is 374. The van der Waals surface area contributed by atoms with Gasteiger partial charge < -0.3 is 9.88 Å². The number of nitrogens with zero attached hydrogens (tertiary/aromatic N) is 1. The van der Waals surface area contributed by atoms with Crippen LogP contribution < -0.4 is 0 Å². The van der Waals surface area contributed by atoms with Gasteiger partial charge in [-0.15, -0.1) is 0 Å². The van der Waals surface area contributed by atoms with E-state index < -0.39 is 0 Å². The molecular formula is C13H18N2O2. The minimum absolute atomic E-state index is 0.194. The van der Waals surface area contributed by atoms with Crippen molar-refractivity contribution in [3.8, 4) is 0 Å². The second kappa shape index (κ2) is 5.77. The summed E-state index contributed by atoms with van der Waals surface area (Å²) < 4.78 is 0. The van der Waals surface area contributed by atoms with E-state index in [9.17, 15) is 9.59 Å². The summed E-state index contributed by atoms with van der Waals surface area (Å²) in [6.45, 7) is 2.64. The molecule has 4 nitrogen and oxygen atoms in total. The summed E-state index contributed by atoms with van der Waals surface area (Å²) in [5, 5.41) is 0. The van der Waals surface area contributed by atoms with Gasteiger partial charge >= 0.3 is 0 Å². The van der Waals surface area contributed by atoms with Crippen LogP contribution >= 0.6 is 0 Å². The number of Topliss-reactive ketones (excluding diaryl/α,β-unsaturated/α-hetero) is 2. The molecule has 1 aliphatic heterocycles. The lowest BCUT2D eigenvalue weighted by Gasteiger charge is -2.25. The zero-order valence-corrected chi connectivity index (χ0v) is 9.95. The van der Waals surface area contributed by atoms with Crippen molar-refractivity contribution in [2.24, 2.45) is 0 Å². The van der Waals surface area contributed by atoms with E-state index in [0.29, 0.717) is 25.0 Å². The van der Waals surface area contributed by atoms with Crippen LogP contribution in [0.15, 0.2) is 18.5 Å². The molecule has 0 radical (unpaired) electrons. The number of aromatic amines is 1. The average Bonchev–Trinajstić information content (AvgIpc) is 2.85. The van der Waals surface area contributed by atoms with Crippen LogP contribution in [-0.2, 0) is 4.79 Å². The van der Waals surface area contributed by atoms with Gasteiger partial charge in [-0.1, -0.05) is 0 Å². The fraction of sp³-hybridized carbons (Fsp3) is 0.538. The average molecular weight is 234 g/mol. The Balaban J connectivity index is 1.66. The molecule has 4 heteroatoms. The van der Waals surface area contributed by atoms with Crippen molar-refractivity contribution >= 4 is 11.6 Å². The molecule has 1 aromatic rings. The number of piperidine rings is 1. The van der Waals surface area contributed by atoms with Crippen LogP contribution in [0.4, 0.5) is 0 Å². The molecule has 0 amide bonds. The topological polar surface area (TPSA) is 53.2 Å². The van der Waals surface area contributed by atoms with E-state index in [1.807, 2.05) is 6.07 Å². The van der Waals surface area contributed by atoms with E-state index in [2.05, 4.69) is 9.88 Å². The van der Waals surface area contributed by atoms with Gasteiger partial charge in [0, 0.05) is 50.3 Å². The maximum Gasteiger partial charge on any atom is 0.164 e. The predicted molar refractivity (Wildman–Crippen MR) is 65.0 cm³/mol. The molecule has 2 rings (SSSR count). The molecule has 0 bridgehead atoms. The summed E-state index contributed by atoms with van der Waals surface area (Å²) in [4.78, 5) is 27.9. The minimum Gasteiger partial charge on any atom is -0.367 e. The number of hydrogen-bond acceptors (Lipinski definition) is 3. The lowest BCUT2D eigenvalue weighted by Crippen LogP contribution is -2.34. The van der Waals surface area contributed by atoms with E-state index in [1.165, 1.54) is 0 Å². The molecule has 92 valence electrons. The van der Waals surface area contributed by atoms with Gasteiger partial charge in [0.05, 0.1) is 0 Å². The summed E-state index contributed by atoms with van der Waals surface area (Å²) in [7, 11) is 0. The highest BCUT2D eigenvalue weighted by molar-refractivity contribution is 5.95. The van der Waals surface area contributed by atoms with Gasteiger partial charge in [-0.25, -0.2) is 0 Å². The maximum atomic E-state index is 11.7. The molecule has 1 N–H and O–H groups in total. The van der Waals surface area contributed by atoms with Gasteiger partial charge in [0.25, 0.3) is 0 Å². The maximum absolute atomic E-state index is 11.7. The van der Waals surface area contributed by atoms with Crippen molar-refractivity contribution in [3.05, 3.63) is 24.0 Å². The third kappa shape index (κ3) is 3.53. The van der Waals surface area contributed by atoms with Crippen LogP contribution in [0.3, 0.4) is 0 Å². The highest BCUT2D eigenvalue weighted by Crippen LogP contribution is 2.09. The van der Waals surface area contributed by atoms with Crippen LogP contribution in [0, 0.1) is 0 Å². The summed E-state index contributed by atoms with van der Waals surface area (Å²) in [6.07, 6.45) is 6.31. The lowest BCUT2D eigenvalue weighted by atomic mass is 10.1. The van der Waals surface area contributed by atoms with E-state index in [0.717, 1.165) is 31.6 Å². The molecule has 0 unspecified atom stereocenters. The van der Waals surface area contributed by atoms with Crippen molar-refractivity contribution in [2.75, 3.05) is 19.6 Å². The van der Waals surface area contributed by atoms with Gasteiger partial charge in [0.15, 0.2) is 5.78 Å². The molecule has 0 aliphatic carbocycles. The Morgan fingerprint density at radius 1 is 1.35 bits per heavy atom. The number of rotatable bonds is 5. The fourth-order valence-electron chi connectivity index (χ4n) is 2.13.